The standard InChI is InChI=1S/C7H18N2O4/c1-6(2)8(11)5-3-4-7(10)9(12)13/h6-7,10-13H,3-5H2,1-2H3. The summed E-state index contributed by atoms with van der Waals surface area (Å²) in [5, 5.41) is 35.7. The predicted octanol–water partition coefficient (Wildman–Crippen LogP) is 0.265. The summed E-state index contributed by atoms with van der Waals surface area (Å²) in [6.45, 7) is 4.06. The third-order valence-electron chi connectivity index (χ3n) is 1.71. The fraction of sp³-hybridized carbons (Fsp3) is 1.00. The topological polar surface area (TPSA) is 87.4 Å². The van der Waals surface area contributed by atoms with Gasteiger partial charge in [-0.05, 0) is 31.9 Å². The summed E-state index contributed by atoms with van der Waals surface area (Å²) in [5.74, 6) is 0. The second kappa shape index (κ2) is 6.25. The Balaban J connectivity index is 3.45. The number of hydrogen-bond acceptors (Lipinski definition) is 6. The van der Waals surface area contributed by atoms with E-state index >= 15 is 0 Å². The first-order chi connectivity index (χ1) is 5.95. The van der Waals surface area contributed by atoms with E-state index in [0.29, 0.717) is 13.0 Å². The van der Waals surface area contributed by atoms with Crippen molar-refractivity contribution in [1.82, 2.24) is 10.3 Å². The van der Waals surface area contributed by atoms with E-state index in [1.54, 1.807) is 0 Å². The lowest BCUT2D eigenvalue weighted by Crippen LogP contribution is -2.32. The Kier molecular flexibility index (Phi) is 6.13. The highest BCUT2D eigenvalue weighted by Crippen LogP contribution is 2.02. The molecule has 0 aromatic carbocycles. The van der Waals surface area contributed by atoms with Crippen LogP contribution in [-0.4, -0.2) is 49.8 Å². The molecular weight excluding hydrogens is 176 g/mol. The summed E-state index contributed by atoms with van der Waals surface area (Å²) >= 11 is 0. The molecule has 0 aromatic rings. The Morgan fingerprint density at radius 2 is 1.69 bits per heavy atom. The molecule has 0 aromatic heterocycles. The van der Waals surface area contributed by atoms with Crippen molar-refractivity contribution in [2.24, 2.45) is 0 Å². The normalized spacial score (nSPS) is 14.5. The van der Waals surface area contributed by atoms with Gasteiger partial charge in [-0.2, -0.15) is 5.06 Å². The summed E-state index contributed by atoms with van der Waals surface area (Å²) in [7, 11) is 0. The van der Waals surface area contributed by atoms with Crippen molar-refractivity contribution in [1.29, 1.82) is 0 Å². The van der Waals surface area contributed by atoms with Crippen molar-refractivity contribution >= 4 is 0 Å². The van der Waals surface area contributed by atoms with Gasteiger partial charge in [0.2, 0.25) is 0 Å². The molecule has 0 fully saturated rings. The minimum atomic E-state index is -1.29. The molecule has 6 heteroatoms. The number of nitrogens with zero attached hydrogens (tertiary/aromatic N) is 2. The number of aliphatic hydroxyl groups excluding tert-OH is 1. The smallest absolute Gasteiger partial charge is 0.156 e. The zero-order valence-corrected chi connectivity index (χ0v) is 7.96. The molecule has 80 valence electrons. The van der Waals surface area contributed by atoms with Crippen LogP contribution in [0, 0.1) is 0 Å². The zero-order chi connectivity index (χ0) is 10.4. The highest BCUT2D eigenvalue weighted by atomic mass is 16.8. The molecule has 0 heterocycles. The first-order valence-corrected chi connectivity index (χ1v) is 4.25. The van der Waals surface area contributed by atoms with Gasteiger partial charge in [0, 0.05) is 12.6 Å². The largest absolute Gasteiger partial charge is 0.374 e. The van der Waals surface area contributed by atoms with Gasteiger partial charge in [0.1, 0.15) is 0 Å². The minimum absolute atomic E-state index is 0.0245. The summed E-state index contributed by atoms with van der Waals surface area (Å²) in [5.41, 5.74) is 0. The van der Waals surface area contributed by atoms with Crippen LogP contribution in [0.15, 0.2) is 0 Å². The molecule has 0 spiro atoms. The third-order valence-corrected chi connectivity index (χ3v) is 1.71. The lowest BCUT2D eigenvalue weighted by molar-refractivity contribution is -0.371. The number of aliphatic hydroxyl groups is 1. The molecule has 0 aliphatic rings. The number of hydroxylamine groups is 4. The van der Waals surface area contributed by atoms with Crippen molar-refractivity contribution in [2.75, 3.05) is 6.54 Å². The molecule has 0 amide bonds. The van der Waals surface area contributed by atoms with Crippen LogP contribution in [0.1, 0.15) is 26.7 Å². The van der Waals surface area contributed by atoms with Crippen LogP contribution in [-0.2, 0) is 0 Å². The Hall–Kier alpha value is -0.240. The van der Waals surface area contributed by atoms with E-state index < -0.39 is 6.23 Å². The van der Waals surface area contributed by atoms with Crippen LogP contribution < -0.4 is 0 Å². The van der Waals surface area contributed by atoms with Crippen LogP contribution in [0.2, 0.25) is 0 Å². The molecule has 0 bridgehead atoms. The average molecular weight is 194 g/mol. The molecule has 4 N–H and O–H groups in total. The molecule has 6 nitrogen and oxygen atoms in total. The van der Waals surface area contributed by atoms with Gasteiger partial charge < -0.3 is 10.3 Å². The van der Waals surface area contributed by atoms with Crippen LogP contribution in [0.4, 0.5) is 0 Å². The van der Waals surface area contributed by atoms with E-state index in [2.05, 4.69) is 0 Å². The van der Waals surface area contributed by atoms with E-state index in [1.165, 1.54) is 0 Å². The Morgan fingerprint density at radius 3 is 2.08 bits per heavy atom. The maximum atomic E-state index is 9.19. The summed E-state index contributed by atoms with van der Waals surface area (Å²) in [4.78, 5) is 0. The monoisotopic (exact) mass is 194 g/mol. The van der Waals surface area contributed by atoms with Gasteiger partial charge in [-0.1, -0.05) is 0 Å². The van der Waals surface area contributed by atoms with Crippen molar-refractivity contribution in [3.63, 3.8) is 0 Å². The van der Waals surface area contributed by atoms with Crippen LogP contribution in [0.3, 0.4) is 0 Å². The van der Waals surface area contributed by atoms with Gasteiger partial charge in [-0.3, -0.25) is 10.4 Å². The Morgan fingerprint density at radius 1 is 1.15 bits per heavy atom. The molecule has 0 saturated carbocycles. The van der Waals surface area contributed by atoms with Gasteiger partial charge in [0.15, 0.2) is 6.23 Å². The van der Waals surface area contributed by atoms with E-state index in [1.807, 2.05) is 13.8 Å². The van der Waals surface area contributed by atoms with Gasteiger partial charge in [0.05, 0.1) is 0 Å². The molecule has 0 aliphatic carbocycles. The van der Waals surface area contributed by atoms with Crippen molar-refractivity contribution in [3.05, 3.63) is 0 Å². The quantitative estimate of drug-likeness (QED) is 0.358. The molecule has 1 atom stereocenters. The maximum Gasteiger partial charge on any atom is 0.156 e. The summed E-state index contributed by atoms with van der Waals surface area (Å²) in [6, 6.07) is 0.0245. The Labute approximate surface area is 77.5 Å². The van der Waals surface area contributed by atoms with Crippen LogP contribution in [0.25, 0.3) is 0 Å². The van der Waals surface area contributed by atoms with Crippen molar-refractivity contribution < 1.29 is 20.7 Å². The van der Waals surface area contributed by atoms with Gasteiger partial charge in [0.25, 0.3) is 0 Å². The molecule has 0 radical (unpaired) electrons. The van der Waals surface area contributed by atoms with Crippen LogP contribution in [0.5, 0.6) is 0 Å². The number of hydrogen-bond donors (Lipinski definition) is 4. The van der Waals surface area contributed by atoms with E-state index in [0.717, 1.165) is 5.06 Å². The molecule has 0 rings (SSSR count). The Bertz CT molecular complexity index is 118. The lowest BCUT2D eigenvalue weighted by Gasteiger charge is -2.20. The van der Waals surface area contributed by atoms with Crippen LogP contribution >= 0.6 is 0 Å². The molecule has 0 saturated heterocycles. The first-order valence-electron chi connectivity index (χ1n) is 4.25. The number of rotatable bonds is 6. The fourth-order valence-corrected chi connectivity index (χ4v) is 0.810. The van der Waals surface area contributed by atoms with Gasteiger partial charge in [-0.15, -0.1) is 0 Å². The SMILES string of the molecule is CC(C)N(O)CCCC(O)N(O)O. The van der Waals surface area contributed by atoms with Gasteiger partial charge >= 0.3 is 0 Å². The maximum absolute atomic E-state index is 9.19. The van der Waals surface area contributed by atoms with E-state index in [4.69, 9.17) is 15.5 Å². The fourth-order valence-electron chi connectivity index (χ4n) is 0.810. The molecule has 0 aliphatic heterocycles. The van der Waals surface area contributed by atoms with E-state index in [-0.39, 0.29) is 17.7 Å². The molecular formula is C7H18N2O4. The highest BCUT2D eigenvalue weighted by molar-refractivity contribution is 4.53. The minimum Gasteiger partial charge on any atom is -0.374 e. The van der Waals surface area contributed by atoms with Crippen molar-refractivity contribution in [2.45, 2.75) is 39.0 Å². The molecule has 13 heavy (non-hydrogen) atoms. The third kappa shape index (κ3) is 5.92. The second-order valence-electron chi connectivity index (χ2n) is 3.20. The molecule has 1 unspecified atom stereocenters. The van der Waals surface area contributed by atoms with E-state index in [9.17, 15) is 5.21 Å². The van der Waals surface area contributed by atoms with Crippen molar-refractivity contribution in [3.8, 4) is 0 Å². The second-order valence-corrected chi connectivity index (χ2v) is 3.20. The zero-order valence-electron chi connectivity index (χ0n) is 7.96. The van der Waals surface area contributed by atoms with Gasteiger partial charge in [-0.25, -0.2) is 0 Å². The first kappa shape index (κ1) is 12.8. The predicted molar refractivity (Wildman–Crippen MR) is 44.3 cm³/mol. The summed E-state index contributed by atoms with van der Waals surface area (Å²) < 4.78 is 0. The lowest BCUT2D eigenvalue weighted by atomic mass is 10.2. The summed E-state index contributed by atoms with van der Waals surface area (Å²) in [6.07, 6.45) is -0.620. The average Bonchev–Trinajstić information content (AvgIpc) is 2.03. The highest BCUT2D eigenvalue weighted by Gasteiger charge is 2.11.